The average molecular weight is 694 g/mol. The lowest BCUT2D eigenvalue weighted by atomic mass is 10.1. The van der Waals surface area contributed by atoms with Crippen LogP contribution < -0.4 is 30.7 Å². The van der Waals surface area contributed by atoms with Gasteiger partial charge in [0.25, 0.3) is 5.91 Å². The Labute approximate surface area is 273 Å². The van der Waals surface area contributed by atoms with Gasteiger partial charge < -0.3 is 34.5 Å². The molecule has 3 aromatic rings. The van der Waals surface area contributed by atoms with Crippen LogP contribution in [0.25, 0.3) is 0 Å². The molecule has 0 aliphatic carbocycles. The molecule has 2 aromatic carbocycles. The Kier molecular flexibility index (Phi) is 10.5. The first-order chi connectivity index (χ1) is 22.8. The highest BCUT2D eigenvalue weighted by molar-refractivity contribution is 7.52. The van der Waals surface area contributed by atoms with Crippen LogP contribution in [0.4, 0.5) is 20.3 Å². The normalized spacial score (nSPS) is 21.6. The van der Waals surface area contributed by atoms with Gasteiger partial charge in [-0.15, -0.1) is 0 Å². The van der Waals surface area contributed by atoms with E-state index in [0.717, 1.165) is 12.3 Å². The molecule has 2 aliphatic rings. The van der Waals surface area contributed by atoms with E-state index >= 15 is 8.78 Å². The number of nitrogens with zero attached hydrogens (tertiary/aromatic N) is 2. The largest absolute Gasteiger partial charge is 0.490 e. The first kappa shape index (κ1) is 34.9. The van der Waals surface area contributed by atoms with Crippen molar-refractivity contribution in [3.05, 3.63) is 76.8 Å². The number of carbonyl (C=O) groups is 2. The fourth-order valence-corrected chi connectivity index (χ4v) is 6.25. The van der Waals surface area contributed by atoms with Crippen molar-refractivity contribution < 1.29 is 51.3 Å². The number of aliphatic hydroxyl groups is 1. The predicted octanol–water partition coefficient (Wildman–Crippen LogP) is 3.33. The molecule has 2 unspecified atom stereocenters. The monoisotopic (exact) mass is 693 g/mol. The molecule has 2 aliphatic heterocycles. The Morgan fingerprint density at radius 2 is 1.94 bits per heavy atom. The number of halogens is 2. The number of anilines is 2. The summed E-state index contributed by atoms with van der Waals surface area (Å²) < 4.78 is 71.6. The molecule has 5 rings (SSSR count). The second-order valence-electron chi connectivity index (χ2n) is 11.1. The van der Waals surface area contributed by atoms with Crippen LogP contribution in [0, 0.1) is 0 Å². The fourth-order valence-electron chi connectivity index (χ4n) is 4.74. The van der Waals surface area contributed by atoms with Gasteiger partial charge in [-0.1, -0.05) is 18.2 Å². The number of carbonyl (C=O) groups excluding carboxylic acids is 2. The third-order valence-electron chi connectivity index (χ3n) is 7.06. The minimum Gasteiger partial charge on any atom is -0.490 e. The van der Waals surface area contributed by atoms with Gasteiger partial charge in [0.2, 0.25) is 6.23 Å². The molecule has 18 heteroatoms. The van der Waals surface area contributed by atoms with Crippen LogP contribution in [0.5, 0.6) is 11.5 Å². The number of benzene rings is 2. The number of alkyl halides is 2. The summed E-state index contributed by atoms with van der Waals surface area (Å²) in [6.07, 6.45) is -6.24. The summed E-state index contributed by atoms with van der Waals surface area (Å²) in [5.41, 5.74) is -0.385. The van der Waals surface area contributed by atoms with Crippen LogP contribution in [0.15, 0.2) is 65.6 Å². The Morgan fingerprint density at radius 1 is 1.19 bits per heavy atom. The minimum atomic E-state index is -4.49. The van der Waals surface area contributed by atoms with E-state index < -0.39 is 68.4 Å². The summed E-state index contributed by atoms with van der Waals surface area (Å²) in [6, 6.07) is 12.3. The van der Waals surface area contributed by atoms with Crippen molar-refractivity contribution in [2.45, 2.75) is 57.3 Å². The van der Waals surface area contributed by atoms with Crippen LogP contribution >= 0.6 is 7.75 Å². The number of rotatable bonds is 12. The van der Waals surface area contributed by atoms with Gasteiger partial charge in [-0.25, -0.2) is 9.36 Å². The van der Waals surface area contributed by atoms with E-state index in [9.17, 15) is 24.1 Å². The van der Waals surface area contributed by atoms with Gasteiger partial charge in [0, 0.05) is 18.3 Å². The number of amides is 1. The molecule has 258 valence electrons. The van der Waals surface area contributed by atoms with E-state index in [4.69, 9.17) is 23.3 Å². The van der Waals surface area contributed by atoms with Crippen molar-refractivity contribution in [1.82, 2.24) is 14.6 Å². The summed E-state index contributed by atoms with van der Waals surface area (Å²) in [4.78, 5) is 41.7. The van der Waals surface area contributed by atoms with Gasteiger partial charge in [0.05, 0.1) is 18.4 Å². The zero-order chi connectivity index (χ0) is 34.6. The lowest BCUT2D eigenvalue weighted by Crippen LogP contribution is -2.42. The smallest absolute Gasteiger partial charge is 0.459 e. The maximum atomic E-state index is 15.3. The molecule has 4 N–H and O–H groups in total. The highest BCUT2D eigenvalue weighted by Crippen LogP contribution is 2.48. The molecule has 0 radical (unpaired) electrons. The SMILES string of the molecule is CC(C)OC(=O)[C@@H](C)NP(=O)(OC[C@H]1OC(n2ccc(NC(=O)c3ccc4c(c3)NCCO4)nc2=O)C(F)(F)[C@@H]1O)Oc1ccccc1. The van der Waals surface area contributed by atoms with Gasteiger partial charge in [-0.3, -0.25) is 18.7 Å². The minimum absolute atomic E-state index is 0.0657. The summed E-state index contributed by atoms with van der Waals surface area (Å²) in [6.45, 7) is 4.69. The van der Waals surface area contributed by atoms with Crippen molar-refractivity contribution in [2.75, 3.05) is 30.4 Å². The number of aromatic nitrogens is 2. The summed E-state index contributed by atoms with van der Waals surface area (Å²) in [5, 5.41) is 18.4. The van der Waals surface area contributed by atoms with Gasteiger partial charge >= 0.3 is 25.3 Å². The average Bonchev–Trinajstić information content (AvgIpc) is 3.27. The molecule has 15 nitrogen and oxygen atoms in total. The van der Waals surface area contributed by atoms with Crippen molar-refractivity contribution in [2.24, 2.45) is 0 Å². The molecule has 1 saturated heterocycles. The zero-order valence-electron chi connectivity index (χ0n) is 26.0. The number of aliphatic hydroxyl groups excluding tert-OH is 1. The Hall–Kier alpha value is -4.41. The molecule has 48 heavy (non-hydrogen) atoms. The molecule has 0 saturated carbocycles. The van der Waals surface area contributed by atoms with E-state index in [0.29, 0.717) is 29.2 Å². The van der Waals surface area contributed by atoms with E-state index in [-0.39, 0.29) is 17.1 Å². The molecular weight excluding hydrogens is 659 g/mol. The van der Waals surface area contributed by atoms with E-state index in [1.807, 2.05) is 0 Å². The molecule has 3 heterocycles. The maximum Gasteiger partial charge on any atom is 0.459 e. The second-order valence-corrected chi connectivity index (χ2v) is 12.8. The van der Waals surface area contributed by atoms with Gasteiger partial charge in [0.15, 0.2) is 6.10 Å². The molecular formula is C30H34F2N5O10P. The first-order valence-electron chi connectivity index (χ1n) is 14.9. The Bertz CT molecular complexity index is 1740. The van der Waals surface area contributed by atoms with E-state index in [2.05, 4.69) is 20.7 Å². The van der Waals surface area contributed by atoms with E-state index in [1.165, 1.54) is 25.1 Å². The number of para-hydroxylation sites is 1. The quantitative estimate of drug-likeness (QED) is 0.160. The first-order valence-corrected chi connectivity index (χ1v) is 16.4. The topological polar surface area (TPSA) is 189 Å². The predicted molar refractivity (Wildman–Crippen MR) is 166 cm³/mol. The van der Waals surface area contributed by atoms with Crippen molar-refractivity contribution in [3.8, 4) is 11.5 Å². The van der Waals surface area contributed by atoms with Crippen molar-refractivity contribution in [1.29, 1.82) is 0 Å². The highest BCUT2D eigenvalue weighted by Gasteiger charge is 2.60. The van der Waals surface area contributed by atoms with Crippen LogP contribution in [-0.4, -0.2) is 76.6 Å². The van der Waals surface area contributed by atoms with Gasteiger partial charge in [-0.05, 0) is 57.2 Å². The third kappa shape index (κ3) is 7.99. The second kappa shape index (κ2) is 14.4. The summed E-state index contributed by atoms with van der Waals surface area (Å²) in [7, 11) is -4.49. The Balaban J connectivity index is 1.28. The molecule has 0 spiro atoms. The number of hydrogen-bond acceptors (Lipinski definition) is 12. The number of nitrogens with one attached hydrogen (secondary N) is 3. The van der Waals surface area contributed by atoms with E-state index in [1.54, 1.807) is 44.2 Å². The molecule has 1 fully saturated rings. The molecule has 5 atom stereocenters. The highest BCUT2D eigenvalue weighted by atomic mass is 31.2. The molecule has 1 amide bonds. The molecule has 1 aromatic heterocycles. The number of fused-ring (bicyclic) bond motifs is 1. The number of hydrogen-bond donors (Lipinski definition) is 4. The third-order valence-corrected chi connectivity index (χ3v) is 8.70. The van der Waals surface area contributed by atoms with Crippen LogP contribution in [-0.2, 0) is 23.4 Å². The van der Waals surface area contributed by atoms with Gasteiger partial charge in [0.1, 0.15) is 36.1 Å². The zero-order valence-corrected chi connectivity index (χ0v) is 26.9. The summed E-state index contributed by atoms with van der Waals surface area (Å²) >= 11 is 0. The van der Waals surface area contributed by atoms with Crippen LogP contribution in [0.3, 0.4) is 0 Å². The number of esters is 1. The van der Waals surface area contributed by atoms with Crippen LogP contribution in [0.2, 0.25) is 0 Å². The van der Waals surface area contributed by atoms with Crippen molar-refractivity contribution >= 4 is 31.1 Å². The fraction of sp³-hybridized carbons (Fsp3) is 0.400. The van der Waals surface area contributed by atoms with Crippen molar-refractivity contribution in [3.63, 3.8) is 0 Å². The summed E-state index contributed by atoms with van der Waals surface area (Å²) in [5.74, 6) is -5.03. The maximum absolute atomic E-state index is 15.3. The lowest BCUT2D eigenvalue weighted by molar-refractivity contribution is -0.149. The lowest BCUT2D eigenvalue weighted by Gasteiger charge is -2.25. The Morgan fingerprint density at radius 3 is 2.65 bits per heavy atom. The van der Waals surface area contributed by atoms with Crippen LogP contribution in [0.1, 0.15) is 37.4 Å². The molecule has 0 bridgehead atoms. The standard InChI is InChI=1S/C30H34F2N5O10P/c1-17(2)45-27(40)18(3)36-48(42,47-20-7-5-4-6-8-20)44-16-23-25(38)30(31,32)28(46-23)37-13-11-24(35-29(37)41)34-26(39)19-9-10-22-21(15-19)33-12-14-43-22/h4-11,13,15,17-18,23,25,28,33,38H,12,14,16H2,1-3H3,(H,36,42)(H,34,35,39,41)/t18-,23-,25-,28?,48?/m1/s1. The number of ether oxygens (including phenoxy) is 3. The van der Waals surface area contributed by atoms with Gasteiger partial charge in [-0.2, -0.15) is 18.9 Å².